The molecule has 0 saturated carbocycles. The summed E-state index contributed by atoms with van der Waals surface area (Å²) in [4.78, 5) is 12.8. The predicted octanol–water partition coefficient (Wildman–Crippen LogP) is 6.48. The van der Waals surface area contributed by atoms with Crippen LogP contribution in [0.25, 0.3) is 0 Å². The Kier molecular flexibility index (Phi) is 6.72. The number of furan rings is 1. The van der Waals surface area contributed by atoms with E-state index in [1.165, 1.54) is 35.1 Å². The van der Waals surface area contributed by atoms with Gasteiger partial charge in [0.05, 0.1) is 14.2 Å². The second-order valence-corrected chi connectivity index (χ2v) is 10.9. The van der Waals surface area contributed by atoms with Crippen molar-refractivity contribution in [3.05, 3.63) is 81.8 Å². The number of carbonyl (C=O) groups is 1. The van der Waals surface area contributed by atoms with Gasteiger partial charge in [-0.3, -0.25) is 4.79 Å². The number of ether oxygens (including phenoxy) is 2. The Labute approximate surface area is 208 Å². The van der Waals surface area contributed by atoms with Crippen LogP contribution in [-0.4, -0.2) is 20.1 Å². The van der Waals surface area contributed by atoms with Gasteiger partial charge in [0.2, 0.25) is 0 Å². The summed E-state index contributed by atoms with van der Waals surface area (Å²) in [6, 6.07) is 14.0. The lowest BCUT2D eigenvalue weighted by atomic mass is 9.62. The number of carbonyl (C=O) groups excluding carboxylic acids is 1. The summed E-state index contributed by atoms with van der Waals surface area (Å²) in [6.45, 7) is 11.9. The molecule has 1 aromatic heterocycles. The van der Waals surface area contributed by atoms with Gasteiger partial charge in [-0.25, -0.2) is 0 Å². The third-order valence-corrected chi connectivity index (χ3v) is 7.48. The Morgan fingerprint density at radius 1 is 0.943 bits per heavy atom. The molecule has 4 rings (SSSR count). The van der Waals surface area contributed by atoms with Gasteiger partial charge in [-0.2, -0.15) is 0 Å². The smallest absolute Gasteiger partial charge is 0.287 e. The van der Waals surface area contributed by atoms with Gasteiger partial charge >= 0.3 is 0 Å². The van der Waals surface area contributed by atoms with Crippen molar-refractivity contribution in [2.75, 3.05) is 14.2 Å². The van der Waals surface area contributed by atoms with Crippen LogP contribution in [0.2, 0.25) is 0 Å². The van der Waals surface area contributed by atoms with Crippen molar-refractivity contribution in [3.63, 3.8) is 0 Å². The summed E-state index contributed by atoms with van der Waals surface area (Å²) in [5.74, 6) is 2.08. The average Bonchev–Trinajstić information content (AvgIpc) is 3.29. The first-order valence-corrected chi connectivity index (χ1v) is 12.3. The van der Waals surface area contributed by atoms with Crippen molar-refractivity contribution >= 4 is 5.91 Å². The summed E-state index contributed by atoms with van der Waals surface area (Å²) in [7, 11) is 3.18. The standard InChI is InChI=1S/C30H37NO4/c1-19-15-23-24(30(4,5)14-13-29(23,2)3)17-21(19)16-22-11-12-26(35-22)28(32)31-18-20-9-8-10-25(33-6)27(20)34-7/h8-12,15,17H,13-14,16,18H2,1-7H3,(H,31,32). The van der Waals surface area contributed by atoms with E-state index in [9.17, 15) is 4.79 Å². The van der Waals surface area contributed by atoms with Crippen LogP contribution < -0.4 is 14.8 Å². The molecule has 1 heterocycles. The molecule has 5 nitrogen and oxygen atoms in total. The third kappa shape index (κ3) is 4.95. The van der Waals surface area contributed by atoms with E-state index in [0.717, 1.165) is 11.3 Å². The minimum atomic E-state index is -0.258. The van der Waals surface area contributed by atoms with E-state index in [-0.39, 0.29) is 16.7 Å². The molecule has 0 saturated heterocycles. The molecule has 0 atom stereocenters. The normalized spacial score (nSPS) is 15.9. The Morgan fingerprint density at radius 3 is 2.29 bits per heavy atom. The lowest BCUT2D eigenvalue weighted by molar-refractivity contribution is 0.0921. The maximum atomic E-state index is 12.8. The maximum absolute atomic E-state index is 12.8. The molecule has 0 unspecified atom stereocenters. The molecule has 0 spiro atoms. The molecular formula is C30H37NO4. The van der Waals surface area contributed by atoms with Gasteiger partial charge in [-0.1, -0.05) is 52.0 Å². The van der Waals surface area contributed by atoms with Crippen molar-refractivity contribution < 1.29 is 18.7 Å². The quantitative estimate of drug-likeness (QED) is 0.425. The van der Waals surface area contributed by atoms with E-state index < -0.39 is 0 Å². The highest BCUT2D eigenvalue weighted by Crippen LogP contribution is 2.46. The zero-order chi connectivity index (χ0) is 25.4. The molecule has 5 heteroatoms. The van der Waals surface area contributed by atoms with Gasteiger partial charge in [-0.15, -0.1) is 0 Å². The van der Waals surface area contributed by atoms with Gasteiger partial charge in [0.25, 0.3) is 5.91 Å². The highest BCUT2D eigenvalue weighted by atomic mass is 16.5. The monoisotopic (exact) mass is 475 g/mol. The van der Waals surface area contributed by atoms with Crippen LogP contribution >= 0.6 is 0 Å². The van der Waals surface area contributed by atoms with E-state index in [2.05, 4.69) is 52.1 Å². The van der Waals surface area contributed by atoms with Crippen LogP contribution in [0.5, 0.6) is 11.5 Å². The molecule has 1 amide bonds. The zero-order valence-electron chi connectivity index (χ0n) is 22.0. The largest absolute Gasteiger partial charge is 0.493 e. The Morgan fingerprint density at radius 2 is 1.63 bits per heavy atom. The second kappa shape index (κ2) is 9.44. The number of aryl methyl sites for hydroxylation is 1. The van der Waals surface area contributed by atoms with Crippen LogP contribution in [0.3, 0.4) is 0 Å². The summed E-state index contributed by atoms with van der Waals surface area (Å²) in [5, 5.41) is 2.92. The van der Waals surface area contributed by atoms with Crippen LogP contribution in [0.4, 0.5) is 0 Å². The minimum absolute atomic E-state index is 0.155. The van der Waals surface area contributed by atoms with Crippen LogP contribution in [0.15, 0.2) is 46.9 Å². The number of benzene rings is 2. The number of nitrogens with one attached hydrogen (secondary N) is 1. The highest BCUT2D eigenvalue weighted by Gasteiger charge is 2.37. The lowest BCUT2D eigenvalue weighted by Crippen LogP contribution is -2.34. The number of hydrogen-bond acceptors (Lipinski definition) is 4. The fraction of sp³-hybridized carbons (Fsp3) is 0.433. The summed E-state index contributed by atoms with van der Waals surface area (Å²) in [6.07, 6.45) is 3.04. The van der Waals surface area contributed by atoms with Crippen molar-refractivity contribution in [2.45, 2.75) is 71.3 Å². The molecule has 35 heavy (non-hydrogen) atoms. The van der Waals surface area contributed by atoms with Gasteiger partial charge < -0.3 is 19.2 Å². The van der Waals surface area contributed by atoms with E-state index >= 15 is 0 Å². The Balaban J connectivity index is 1.50. The van der Waals surface area contributed by atoms with Gasteiger partial charge in [0, 0.05) is 18.5 Å². The predicted molar refractivity (Wildman–Crippen MR) is 139 cm³/mol. The van der Waals surface area contributed by atoms with Crippen molar-refractivity contribution in [3.8, 4) is 11.5 Å². The third-order valence-electron chi connectivity index (χ3n) is 7.48. The molecule has 3 aromatic rings. The fourth-order valence-corrected chi connectivity index (χ4v) is 5.10. The van der Waals surface area contributed by atoms with Crippen molar-refractivity contribution in [1.82, 2.24) is 5.32 Å². The van der Waals surface area contributed by atoms with Crippen LogP contribution in [0, 0.1) is 6.92 Å². The number of hydrogen-bond donors (Lipinski definition) is 1. The first-order chi connectivity index (χ1) is 16.6. The van der Waals surface area contributed by atoms with E-state index in [4.69, 9.17) is 13.9 Å². The second-order valence-electron chi connectivity index (χ2n) is 10.9. The van der Waals surface area contributed by atoms with Crippen molar-refractivity contribution in [2.24, 2.45) is 0 Å². The number of rotatable bonds is 7. The molecule has 0 radical (unpaired) electrons. The Hall–Kier alpha value is -3.21. The lowest BCUT2D eigenvalue weighted by Gasteiger charge is -2.42. The molecule has 0 fully saturated rings. The summed E-state index contributed by atoms with van der Waals surface area (Å²) in [5.41, 5.74) is 6.59. The number of fused-ring (bicyclic) bond motifs is 1. The first-order valence-electron chi connectivity index (χ1n) is 12.3. The van der Waals surface area contributed by atoms with Crippen LogP contribution in [-0.2, 0) is 23.8 Å². The van der Waals surface area contributed by atoms with Gasteiger partial charge in [0.1, 0.15) is 5.76 Å². The van der Waals surface area contributed by atoms with Gasteiger partial charge in [0.15, 0.2) is 17.3 Å². The van der Waals surface area contributed by atoms with Crippen molar-refractivity contribution in [1.29, 1.82) is 0 Å². The Bertz CT molecular complexity index is 1240. The van der Waals surface area contributed by atoms with E-state index in [1.807, 2.05) is 24.3 Å². The fourth-order valence-electron chi connectivity index (χ4n) is 5.10. The molecule has 0 bridgehead atoms. The minimum Gasteiger partial charge on any atom is -0.493 e. The first kappa shape index (κ1) is 24.9. The highest BCUT2D eigenvalue weighted by molar-refractivity contribution is 5.91. The van der Waals surface area contributed by atoms with E-state index in [0.29, 0.717) is 30.2 Å². The molecule has 1 N–H and O–H groups in total. The van der Waals surface area contributed by atoms with Gasteiger partial charge in [-0.05, 0) is 71.0 Å². The zero-order valence-corrected chi connectivity index (χ0v) is 22.0. The number of amides is 1. The van der Waals surface area contributed by atoms with E-state index in [1.54, 1.807) is 20.3 Å². The molecular weight excluding hydrogens is 438 g/mol. The summed E-state index contributed by atoms with van der Waals surface area (Å²) >= 11 is 0. The molecule has 1 aliphatic rings. The average molecular weight is 476 g/mol. The molecule has 2 aromatic carbocycles. The topological polar surface area (TPSA) is 60.7 Å². The van der Waals surface area contributed by atoms with Crippen LogP contribution in [0.1, 0.15) is 84.7 Å². The molecule has 1 aliphatic carbocycles. The molecule has 0 aliphatic heterocycles. The molecule has 186 valence electrons. The maximum Gasteiger partial charge on any atom is 0.287 e. The number of para-hydroxylation sites is 1. The summed E-state index contributed by atoms with van der Waals surface area (Å²) < 4.78 is 16.8. The SMILES string of the molecule is COc1cccc(CNC(=O)c2ccc(Cc3cc4c(cc3C)C(C)(C)CCC4(C)C)o2)c1OC. The number of methoxy groups -OCH3 is 2.